The quantitative estimate of drug-likeness (QED) is 0.516. The highest BCUT2D eigenvalue weighted by atomic mass is 16.4. The molecule has 20 heavy (non-hydrogen) atoms. The number of carbonyl (C=O) groups excluding carboxylic acids is 1. The lowest BCUT2D eigenvalue weighted by Crippen LogP contribution is -2.41. The zero-order valence-corrected chi connectivity index (χ0v) is 11.8. The van der Waals surface area contributed by atoms with Gasteiger partial charge in [-0.15, -0.1) is 0 Å². The molecular formula is C15H24N2O3. The molecule has 2 amide bonds. The van der Waals surface area contributed by atoms with Crippen molar-refractivity contribution in [3.63, 3.8) is 0 Å². The number of hydrogen-bond acceptors (Lipinski definition) is 2. The third-order valence-electron chi connectivity index (χ3n) is 4.27. The van der Waals surface area contributed by atoms with E-state index in [4.69, 9.17) is 5.11 Å². The molecule has 0 aromatic rings. The average Bonchev–Trinajstić information content (AvgIpc) is 3.05. The lowest BCUT2D eigenvalue weighted by atomic mass is 10.0. The van der Waals surface area contributed by atoms with Crippen LogP contribution in [-0.2, 0) is 4.79 Å². The molecule has 1 fully saturated rings. The van der Waals surface area contributed by atoms with Gasteiger partial charge in [0.25, 0.3) is 0 Å². The van der Waals surface area contributed by atoms with Crippen molar-refractivity contribution >= 4 is 12.0 Å². The number of carboxylic acids is 1. The highest BCUT2D eigenvalue weighted by Crippen LogP contribution is 2.28. The molecule has 0 aliphatic heterocycles. The summed E-state index contributed by atoms with van der Waals surface area (Å²) >= 11 is 0. The average molecular weight is 280 g/mol. The molecule has 0 radical (unpaired) electrons. The SMILES string of the molecule is O=C(NCCCC1CCCC1)NC1C=CC(C(=O)O)C1. The third kappa shape index (κ3) is 4.54. The molecule has 2 aliphatic rings. The van der Waals surface area contributed by atoms with E-state index >= 15 is 0 Å². The van der Waals surface area contributed by atoms with Crippen LogP contribution in [0.1, 0.15) is 44.9 Å². The Bertz CT molecular complexity index is 375. The second-order valence-corrected chi connectivity index (χ2v) is 5.86. The number of nitrogens with one attached hydrogen (secondary N) is 2. The highest BCUT2D eigenvalue weighted by molar-refractivity contribution is 5.76. The first-order valence-corrected chi connectivity index (χ1v) is 7.60. The van der Waals surface area contributed by atoms with Gasteiger partial charge in [0, 0.05) is 6.54 Å². The third-order valence-corrected chi connectivity index (χ3v) is 4.27. The molecule has 2 atom stereocenters. The van der Waals surface area contributed by atoms with Gasteiger partial charge in [0.05, 0.1) is 12.0 Å². The minimum absolute atomic E-state index is 0.161. The fraction of sp³-hybridized carbons (Fsp3) is 0.733. The summed E-state index contributed by atoms with van der Waals surface area (Å²) in [4.78, 5) is 22.5. The standard InChI is InChI=1S/C15H24N2O3/c18-14(19)12-7-8-13(10-12)17-15(20)16-9-3-6-11-4-1-2-5-11/h7-8,11-13H,1-6,9-10H2,(H,18,19)(H2,16,17,20). The predicted octanol–water partition coefficient (Wildman–Crippen LogP) is 2.29. The number of aliphatic carboxylic acids is 1. The second-order valence-electron chi connectivity index (χ2n) is 5.86. The van der Waals surface area contributed by atoms with Crippen molar-refractivity contribution in [3.8, 4) is 0 Å². The van der Waals surface area contributed by atoms with Gasteiger partial charge in [0.2, 0.25) is 0 Å². The zero-order chi connectivity index (χ0) is 14.4. The van der Waals surface area contributed by atoms with Crippen molar-refractivity contribution < 1.29 is 14.7 Å². The first kappa shape index (κ1) is 14.9. The molecule has 1 saturated carbocycles. The van der Waals surface area contributed by atoms with Crippen molar-refractivity contribution in [2.75, 3.05) is 6.54 Å². The Hall–Kier alpha value is -1.52. The van der Waals surface area contributed by atoms with Gasteiger partial charge < -0.3 is 15.7 Å². The van der Waals surface area contributed by atoms with E-state index in [0.717, 1.165) is 12.3 Å². The van der Waals surface area contributed by atoms with Crippen LogP contribution >= 0.6 is 0 Å². The molecular weight excluding hydrogens is 256 g/mol. The van der Waals surface area contributed by atoms with Crippen LogP contribution in [-0.4, -0.2) is 29.7 Å². The maximum atomic E-state index is 11.7. The van der Waals surface area contributed by atoms with Crippen LogP contribution in [0.25, 0.3) is 0 Å². The van der Waals surface area contributed by atoms with E-state index in [0.29, 0.717) is 13.0 Å². The lowest BCUT2D eigenvalue weighted by Gasteiger charge is -2.14. The molecule has 5 nitrogen and oxygen atoms in total. The maximum Gasteiger partial charge on any atom is 0.315 e. The van der Waals surface area contributed by atoms with Crippen LogP contribution in [0.5, 0.6) is 0 Å². The summed E-state index contributed by atoms with van der Waals surface area (Å²) in [5.74, 6) is -0.445. The van der Waals surface area contributed by atoms with Crippen molar-refractivity contribution in [1.82, 2.24) is 10.6 Å². The van der Waals surface area contributed by atoms with Gasteiger partial charge in [-0.05, 0) is 25.2 Å². The van der Waals surface area contributed by atoms with Crippen molar-refractivity contribution in [1.29, 1.82) is 0 Å². The summed E-state index contributed by atoms with van der Waals surface area (Å²) < 4.78 is 0. The molecule has 2 aliphatic carbocycles. The molecule has 0 heterocycles. The van der Waals surface area contributed by atoms with E-state index in [2.05, 4.69) is 10.6 Å². The van der Waals surface area contributed by atoms with Crippen LogP contribution in [0.2, 0.25) is 0 Å². The molecule has 2 unspecified atom stereocenters. The van der Waals surface area contributed by atoms with E-state index < -0.39 is 11.9 Å². The zero-order valence-electron chi connectivity index (χ0n) is 11.8. The monoisotopic (exact) mass is 280 g/mol. The van der Waals surface area contributed by atoms with Crippen LogP contribution in [0.4, 0.5) is 4.79 Å². The van der Waals surface area contributed by atoms with E-state index in [9.17, 15) is 9.59 Å². The van der Waals surface area contributed by atoms with Crippen LogP contribution in [0.15, 0.2) is 12.2 Å². The predicted molar refractivity (Wildman–Crippen MR) is 76.4 cm³/mol. The lowest BCUT2D eigenvalue weighted by molar-refractivity contribution is -0.140. The number of urea groups is 1. The van der Waals surface area contributed by atoms with Gasteiger partial charge in [-0.3, -0.25) is 4.79 Å². The first-order chi connectivity index (χ1) is 9.65. The Balaban J connectivity index is 1.54. The van der Waals surface area contributed by atoms with Crippen molar-refractivity contribution in [2.24, 2.45) is 11.8 Å². The fourth-order valence-electron chi connectivity index (χ4n) is 3.10. The van der Waals surface area contributed by atoms with Gasteiger partial charge in [-0.2, -0.15) is 0 Å². The molecule has 0 saturated heterocycles. The fourth-order valence-corrected chi connectivity index (χ4v) is 3.10. The number of carboxylic acid groups (broad SMARTS) is 1. The smallest absolute Gasteiger partial charge is 0.315 e. The molecule has 2 rings (SSSR count). The Morgan fingerprint density at radius 2 is 1.95 bits per heavy atom. The Morgan fingerprint density at radius 1 is 1.20 bits per heavy atom. The summed E-state index contributed by atoms with van der Waals surface area (Å²) in [6.07, 6.45) is 11.5. The van der Waals surface area contributed by atoms with Crippen LogP contribution in [0.3, 0.4) is 0 Å². The van der Waals surface area contributed by atoms with E-state index in [-0.39, 0.29) is 12.1 Å². The van der Waals surface area contributed by atoms with Crippen molar-refractivity contribution in [2.45, 2.75) is 51.0 Å². The summed E-state index contributed by atoms with van der Waals surface area (Å²) in [6.45, 7) is 0.696. The largest absolute Gasteiger partial charge is 0.481 e. The second kappa shape index (κ2) is 7.31. The summed E-state index contributed by atoms with van der Waals surface area (Å²) in [5.41, 5.74) is 0. The molecule has 112 valence electrons. The molecule has 0 aromatic heterocycles. The Labute approximate surface area is 119 Å². The van der Waals surface area contributed by atoms with Gasteiger partial charge in [0.1, 0.15) is 0 Å². The normalized spacial score (nSPS) is 25.8. The van der Waals surface area contributed by atoms with Crippen LogP contribution < -0.4 is 10.6 Å². The minimum Gasteiger partial charge on any atom is -0.481 e. The minimum atomic E-state index is -0.831. The number of rotatable bonds is 6. The highest BCUT2D eigenvalue weighted by Gasteiger charge is 2.25. The molecule has 0 bridgehead atoms. The summed E-state index contributed by atoms with van der Waals surface area (Å²) in [7, 11) is 0. The molecule has 5 heteroatoms. The van der Waals surface area contributed by atoms with Gasteiger partial charge in [-0.1, -0.05) is 37.8 Å². The number of amides is 2. The van der Waals surface area contributed by atoms with Gasteiger partial charge >= 0.3 is 12.0 Å². The van der Waals surface area contributed by atoms with Gasteiger partial charge in [-0.25, -0.2) is 4.79 Å². The topological polar surface area (TPSA) is 78.4 Å². The maximum absolute atomic E-state index is 11.7. The number of carbonyl (C=O) groups is 2. The first-order valence-electron chi connectivity index (χ1n) is 7.60. The van der Waals surface area contributed by atoms with Crippen molar-refractivity contribution in [3.05, 3.63) is 12.2 Å². The van der Waals surface area contributed by atoms with E-state index in [1.807, 2.05) is 0 Å². The molecule has 0 spiro atoms. The number of hydrogen-bond donors (Lipinski definition) is 3. The Kier molecular flexibility index (Phi) is 5.44. The summed E-state index contributed by atoms with van der Waals surface area (Å²) in [6, 6.07) is -0.358. The molecule has 0 aromatic carbocycles. The van der Waals surface area contributed by atoms with E-state index in [1.165, 1.54) is 32.1 Å². The summed E-state index contributed by atoms with van der Waals surface area (Å²) in [5, 5.41) is 14.5. The van der Waals surface area contributed by atoms with E-state index in [1.54, 1.807) is 12.2 Å². The van der Waals surface area contributed by atoms with Gasteiger partial charge in [0.15, 0.2) is 0 Å². The molecule has 3 N–H and O–H groups in total. The Morgan fingerprint density at radius 3 is 2.60 bits per heavy atom. The van der Waals surface area contributed by atoms with Crippen LogP contribution in [0, 0.1) is 11.8 Å².